The van der Waals surface area contributed by atoms with Crippen LogP contribution in [-0.2, 0) is 0 Å². The Morgan fingerprint density at radius 3 is 2.37 bits per heavy atom. The Morgan fingerprint density at radius 1 is 0.800 bits per heavy atom. The third-order valence-corrected chi connectivity index (χ3v) is 7.54. The van der Waals surface area contributed by atoms with E-state index < -0.39 is 18.1 Å². The number of hydrogen-bond acceptors (Lipinski definition) is 3. The van der Waals surface area contributed by atoms with Crippen molar-refractivity contribution in [3.05, 3.63) is 125 Å². The second-order valence-electron chi connectivity index (χ2n) is 7.92. The minimum absolute atomic E-state index is 0.0469. The molecule has 0 saturated heterocycles. The van der Waals surface area contributed by atoms with Gasteiger partial charge in [0.2, 0.25) is 0 Å². The maximum atomic E-state index is 9.99. The summed E-state index contributed by atoms with van der Waals surface area (Å²) in [5, 5.41) is 11.7. The molecule has 166 valence electrons. The summed E-state index contributed by atoms with van der Waals surface area (Å²) in [7, 11) is 0. The zero-order valence-electron chi connectivity index (χ0n) is 23.3. The largest absolute Gasteiger partial charge is 0.310 e. The van der Waals surface area contributed by atoms with Crippen LogP contribution in [-0.4, -0.2) is 0 Å². The number of para-hydroxylation sites is 2. The normalized spacial score (nSPS) is 13.0. The van der Waals surface area contributed by atoms with Crippen LogP contribution in [0.2, 0.25) is 0 Å². The van der Waals surface area contributed by atoms with Gasteiger partial charge in [0.1, 0.15) is 6.07 Å². The number of rotatable bonds is 4. The summed E-state index contributed by atoms with van der Waals surface area (Å²) in [5.74, 6) is 0. The highest BCUT2D eigenvalue weighted by atomic mass is 79.9. The predicted octanol–water partition coefficient (Wildman–Crippen LogP) is 9.83. The highest BCUT2D eigenvalue weighted by Gasteiger charge is 2.20. The van der Waals surface area contributed by atoms with Gasteiger partial charge in [0.05, 0.1) is 22.8 Å². The summed E-state index contributed by atoms with van der Waals surface area (Å²) < 4.78 is 45.1. The molecule has 0 N–H and O–H groups in total. The summed E-state index contributed by atoms with van der Waals surface area (Å²) >= 11 is 5.06. The van der Waals surface area contributed by atoms with Gasteiger partial charge in [-0.1, -0.05) is 70.5 Å². The Morgan fingerprint density at radius 2 is 1.60 bits per heavy atom. The van der Waals surface area contributed by atoms with Crippen molar-refractivity contribution in [3.8, 4) is 17.2 Å². The molecule has 2 nitrogen and oxygen atoms in total. The molecule has 1 heterocycles. The molecule has 0 fully saturated rings. The van der Waals surface area contributed by atoms with Crippen LogP contribution in [0.25, 0.3) is 31.3 Å². The minimum atomic E-state index is -0.448. The number of benzene rings is 5. The molecule has 0 amide bonds. The molecule has 0 atom stereocenters. The summed E-state index contributed by atoms with van der Waals surface area (Å²) in [4.78, 5) is 1.71. The SMILES string of the molecule is [2H]c1c([2H])c([2H])c(N(c2ccccc2)c2ccc(C#N)c3sc4ccc(-c5cccc(Br)c5)cc4c23)c([2H])c1[2H]. The van der Waals surface area contributed by atoms with E-state index >= 15 is 0 Å². The quantitative estimate of drug-likeness (QED) is 0.224. The van der Waals surface area contributed by atoms with Crippen molar-refractivity contribution in [1.82, 2.24) is 0 Å². The van der Waals surface area contributed by atoms with E-state index in [0.717, 1.165) is 35.8 Å². The summed E-state index contributed by atoms with van der Waals surface area (Å²) in [6.45, 7) is 0. The molecule has 6 aromatic rings. The van der Waals surface area contributed by atoms with Crippen LogP contribution in [0.15, 0.2) is 120 Å². The zero-order chi connectivity index (χ0) is 28.1. The van der Waals surface area contributed by atoms with Crippen LogP contribution in [0.1, 0.15) is 12.4 Å². The molecule has 0 aliphatic heterocycles. The van der Waals surface area contributed by atoms with Crippen molar-refractivity contribution in [2.24, 2.45) is 0 Å². The second kappa shape index (κ2) is 9.03. The van der Waals surface area contributed by atoms with Crippen molar-refractivity contribution >= 4 is 64.5 Å². The van der Waals surface area contributed by atoms with E-state index in [1.807, 2.05) is 60.7 Å². The maximum Gasteiger partial charge on any atom is 0.101 e. The van der Waals surface area contributed by atoms with Gasteiger partial charge in [0.25, 0.3) is 0 Å². The molecular weight excluding hydrogens is 512 g/mol. The fourth-order valence-corrected chi connectivity index (χ4v) is 5.87. The molecule has 4 heteroatoms. The average molecular weight is 537 g/mol. The fraction of sp³-hybridized carbons (Fsp3) is 0. The van der Waals surface area contributed by atoms with Gasteiger partial charge in [-0.15, -0.1) is 11.3 Å². The lowest BCUT2D eigenvalue weighted by Crippen LogP contribution is -2.10. The summed E-state index contributed by atoms with van der Waals surface area (Å²) in [6.07, 6.45) is 0. The van der Waals surface area contributed by atoms with Crippen LogP contribution in [0.4, 0.5) is 17.1 Å². The van der Waals surface area contributed by atoms with Crippen molar-refractivity contribution in [2.75, 3.05) is 4.90 Å². The van der Waals surface area contributed by atoms with Crippen molar-refractivity contribution in [1.29, 1.82) is 5.26 Å². The molecule has 0 radical (unpaired) electrons. The fourth-order valence-electron chi connectivity index (χ4n) is 4.31. The van der Waals surface area contributed by atoms with Crippen LogP contribution >= 0.6 is 27.3 Å². The second-order valence-corrected chi connectivity index (χ2v) is 9.88. The summed E-state index contributed by atoms with van der Waals surface area (Å²) in [5.41, 5.74) is 3.84. The first-order valence-corrected chi connectivity index (χ1v) is 12.5. The Balaban J connectivity index is 1.74. The van der Waals surface area contributed by atoms with E-state index in [1.54, 1.807) is 17.0 Å². The lowest BCUT2D eigenvalue weighted by molar-refractivity contribution is 1.30. The zero-order valence-corrected chi connectivity index (χ0v) is 20.7. The molecule has 0 aliphatic rings. The number of nitriles is 1. The van der Waals surface area contributed by atoms with Crippen molar-refractivity contribution < 1.29 is 6.85 Å². The van der Waals surface area contributed by atoms with Gasteiger partial charge in [-0.25, -0.2) is 0 Å². The van der Waals surface area contributed by atoms with Crippen LogP contribution in [0.5, 0.6) is 0 Å². The number of anilines is 3. The van der Waals surface area contributed by atoms with Gasteiger partial charge >= 0.3 is 0 Å². The van der Waals surface area contributed by atoms with E-state index in [2.05, 4.69) is 34.1 Å². The molecule has 0 saturated carbocycles. The van der Waals surface area contributed by atoms with Gasteiger partial charge in [-0.05, 0) is 71.7 Å². The van der Waals surface area contributed by atoms with E-state index in [-0.39, 0.29) is 17.8 Å². The van der Waals surface area contributed by atoms with E-state index in [0.29, 0.717) is 16.9 Å². The number of fused-ring (bicyclic) bond motifs is 3. The highest BCUT2D eigenvalue weighted by Crippen LogP contribution is 2.46. The predicted molar refractivity (Wildman–Crippen MR) is 152 cm³/mol. The minimum Gasteiger partial charge on any atom is -0.310 e. The Labute approximate surface area is 223 Å². The lowest BCUT2D eigenvalue weighted by Gasteiger charge is -2.26. The van der Waals surface area contributed by atoms with Gasteiger partial charge in [-0.2, -0.15) is 5.26 Å². The van der Waals surface area contributed by atoms with Crippen LogP contribution < -0.4 is 4.90 Å². The van der Waals surface area contributed by atoms with Crippen molar-refractivity contribution in [2.45, 2.75) is 0 Å². The number of halogens is 1. The topological polar surface area (TPSA) is 27.0 Å². The molecule has 0 spiro atoms. The van der Waals surface area contributed by atoms with Crippen LogP contribution in [0.3, 0.4) is 0 Å². The number of nitrogens with zero attached hydrogens (tertiary/aromatic N) is 2. The molecule has 0 aliphatic carbocycles. The Bertz CT molecular complexity index is 1970. The molecule has 0 bridgehead atoms. The molecule has 5 aromatic carbocycles. The van der Waals surface area contributed by atoms with Crippen molar-refractivity contribution in [3.63, 3.8) is 0 Å². The van der Waals surface area contributed by atoms with E-state index in [1.165, 1.54) is 11.3 Å². The smallest absolute Gasteiger partial charge is 0.101 e. The molecule has 0 unspecified atom stereocenters. The van der Waals surface area contributed by atoms with Crippen LogP contribution in [0, 0.1) is 11.3 Å². The summed E-state index contributed by atoms with van der Waals surface area (Å²) in [6, 6.07) is 27.4. The van der Waals surface area contributed by atoms with E-state index in [4.69, 9.17) is 6.85 Å². The molecule has 6 rings (SSSR count). The first-order chi connectivity index (χ1) is 19.3. The van der Waals surface area contributed by atoms with Gasteiger partial charge in [-0.3, -0.25) is 0 Å². The van der Waals surface area contributed by atoms with Gasteiger partial charge < -0.3 is 4.90 Å². The third kappa shape index (κ3) is 3.89. The highest BCUT2D eigenvalue weighted by molar-refractivity contribution is 9.10. The van der Waals surface area contributed by atoms with E-state index in [9.17, 15) is 5.26 Å². The number of hydrogen-bond donors (Lipinski definition) is 0. The Kier molecular flexibility index (Phi) is 4.30. The maximum absolute atomic E-state index is 9.99. The first-order valence-electron chi connectivity index (χ1n) is 13.4. The third-order valence-electron chi connectivity index (χ3n) is 5.84. The lowest BCUT2D eigenvalue weighted by atomic mass is 10.0. The van der Waals surface area contributed by atoms with Gasteiger partial charge in [0, 0.05) is 31.3 Å². The first kappa shape index (κ1) is 16.7. The monoisotopic (exact) mass is 535 g/mol. The molecular formula is C31H19BrN2S. The molecule has 1 aromatic heterocycles. The average Bonchev–Trinajstić information content (AvgIpc) is 3.36. The standard InChI is InChI=1S/C31H19BrN2S/c32-24-9-7-8-21(18-24)22-15-17-29-27(19-22)30-28(16-14-23(20-33)31(30)35-29)34(25-10-3-1-4-11-25)26-12-5-2-6-13-26/h1-19H/i1D,3D,4D,10D,11D. The van der Waals surface area contributed by atoms with Gasteiger partial charge in [0.15, 0.2) is 0 Å². The number of thiophene rings is 1. The Hall–Kier alpha value is -3.91. The molecule has 35 heavy (non-hydrogen) atoms.